The minimum atomic E-state index is -0.0145. The average molecular weight is 345 g/mol. The Balaban J connectivity index is 0.00000161. The highest BCUT2D eigenvalue weighted by atomic mass is 35.5. The molecule has 0 spiro atoms. The van der Waals surface area contributed by atoms with E-state index in [1.807, 2.05) is 35.7 Å². The normalized spacial score (nSPS) is 19.9. The van der Waals surface area contributed by atoms with Crippen LogP contribution >= 0.6 is 35.9 Å². The molecule has 0 radical (unpaired) electrons. The maximum atomic E-state index is 12.0. The summed E-state index contributed by atoms with van der Waals surface area (Å²) in [5.41, 5.74) is 8.03. The Morgan fingerprint density at radius 1 is 1.24 bits per heavy atom. The van der Waals surface area contributed by atoms with Crippen molar-refractivity contribution < 1.29 is 4.79 Å². The molecule has 3 rings (SSSR count). The minimum Gasteiger partial charge on any atom is -0.350 e. The van der Waals surface area contributed by atoms with Crippen molar-refractivity contribution in [3.63, 3.8) is 0 Å². The number of carbonyl (C=O) groups excluding carboxylic acids is 1. The maximum absolute atomic E-state index is 12.0. The molecule has 21 heavy (non-hydrogen) atoms. The van der Waals surface area contributed by atoms with Gasteiger partial charge >= 0.3 is 0 Å². The molecule has 0 aromatic heterocycles. The van der Waals surface area contributed by atoms with Crippen LogP contribution in [0.1, 0.15) is 33.3 Å². The van der Waals surface area contributed by atoms with Gasteiger partial charge in [-0.15, -0.1) is 35.9 Å². The van der Waals surface area contributed by atoms with E-state index in [4.69, 9.17) is 5.73 Å². The van der Waals surface area contributed by atoms with Crippen LogP contribution in [-0.2, 0) is 0 Å². The molecular formula is C15H21ClN2OS2. The average Bonchev–Trinajstić information content (AvgIpc) is 3.19. The first-order valence-electron chi connectivity index (χ1n) is 7.11. The highest BCUT2D eigenvalue weighted by Gasteiger charge is 2.28. The van der Waals surface area contributed by atoms with E-state index in [0.29, 0.717) is 17.0 Å². The van der Waals surface area contributed by atoms with Crippen LogP contribution in [0, 0.1) is 5.92 Å². The van der Waals surface area contributed by atoms with Gasteiger partial charge in [-0.3, -0.25) is 4.79 Å². The summed E-state index contributed by atoms with van der Waals surface area (Å²) in [7, 11) is 0. The summed E-state index contributed by atoms with van der Waals surface area (Å²) in [5.74, 6) is 3.04. The van der Waals surface area contributed by atoms with E-state index in [1.54, 1.807) is 0 Å². The first-order chi connectivity index (χ1) is 9.74. The Hall–Kier alpha value is -0.360. The van der Waals surface area contributed by atoms with E-state index < -0.39 is 0 Å². The van der Waals surface area contributed by atoms with Crippen molar-refractivity contribution in [2.24, 2.45) is 11.7 Å². The molecule has 3 nitrogen and oxygen atoms in total. The molecular weight excluding hydrogens is 324 g/mol. The van der Waals surface area contributed by atoms with Gasteiger partial charge in [-0.05, 0) is 36.5 Å². The summed E-state index contributed by atoms with van der Waals surface area (Å²) in [6.45, 7) is 0.583. The molecule has 1 unspecified atom stereocenters. The fourth-order valence-corrected chi connectivity index (χ4v) is 5.21. The number of benzene rings is 1. The van der Waals surface area contributed by atoms with Gasteiger partial charge in [-0.25, -0.2) is 0 Å². The van der Waals surface area contributed by atoms with Gasteiger partial charge in [0.05, 0.1) is 4.58 Å². The van der Waals surface area contributed by atoms with Crippen LogP contribution in [0.3, 0.4) is 0 Å². The third kappa shape index (κ3) is 4.55. The van der Waals surface area contributed by atoms with E-state index in [-0.39, 0.29) is 24.4 Å². The van der Waals surface area contributed by atoms with Crippen molar-refractivity contribution in [3.8, 4) is 0 Å². The van der Waals surface area contributed by atoms with E-state index in [2.05, 4.69) is 17.4 Å². The first kappa shape index (κ1) is 17.0. The molecule has 1 aliphatic heterocycles. The van der Waals surface area contributed by atoms with Gasteiger partial charge in [0.25, 0.3) is 5.91 Å². The standard InChI is InChI=1S/C15H20N2OS2.ClH/c16-13(10-1-2-10)9-17-14(18)11-3-5-12(6-4-11)15-19-7-8-20-15;/h3-6,10,13,15H,1-2,7-9,16H2,(H,17,18);1H. The van der Waals surface area contributed by atoms with Crippen molar-refractivity contribution in [1.82, 2.24) is 5.32 Å². The second kappa shape index (κ2) is 7.77. The van der Waals surface area contributed by atoms with Crippen molar-refractivity contribution in [2.75, 3.05) is 18.1 Å². The molecule has 1 heterocycles. The van der Waals surface area contributed by atoms with Crippen LogP contribution in [0.5, 0.6) is 0 Å². The summed E-state index contributed by atoms with van der Waals surface area (Å²) in [6, 6.07) is 8.11. The Labute approximate surface area is 140 Å². The lowest BCUT2D eigenvalue weighted by atomic mass is 10.1. The molecule has 1 saturated carbocycles. The molecule has 1 amide bonds. The molecule has 2 aliphatic rings. The van der Waals surface area contributed by atoms with Crippen molar-refractivity contribution in [2.45, 2.75) is 23.5 Å². The molecule has 1 aromatic carbocycles. The third-order valence-corrected chi connectivity index (χ3v) is 6.90. The predicted octanol–water partition coefficient (Wildman–Crippen LogP) is 3.05. The number of amides is 1. The smallest absolute Gasteiger partial charge is 0.251 e. The van der Waals surface area contributed by atoms with Crippen LogP contribution in [0.4, 0.5) is 0 Å². The van der Waals surface area contributed by atoms with Crippen molar-refractivity contribution in [1.29, 1.82) is 0 Å². The molecule has 1 aliphatic carbocycles. The number of thioether (sulfide) groups is 2. The monoisotopic (exact) mass is 344 g/mol. The second-order valence-corrected chi connectivity index (χ2v) is 8.13. The fraction of sp³-hybridized carbons (Fsp3) is 0.533. The Kier molecular flexibility index (Phi) is 6.29. The zero-order valence-electron chi connectivity index (χ0n) is 11.8. The fourth-order valence-electron chi connectivity index (χ4n) is 2.35. The number of nitrogens with two attached hydrogens (primary N) is 1. The topological polar surface area (TPSA) is 55.1 Å². The summed E-state index contributed by atoms with van der Waals surface area (Å²) >= 11 is 3.96. The minimum absolute atomic E-state index is 0. The maximum Gasteiger partial charge on any atom is 0.251 e. The largest absolute Gasteiger partial charge is 0.350 e. The molecule has 6 heteroatoms. The van der Waals surface area contributed by atoms with Gasteiger partial charge in [-0.2, -0.15) is 0 Å². The van der Waals surface area contributed by atoms with Gasteiger partial charge in [0, 0.05) is 29.7 Å². The van der Waals surface area contributed by atoms with Crippen molar-refractivity contribution >= 4 is 41.8 Å². The number of hydrogen-bond donors (Lipinski definition) is 2. The van der Waals surface area contributed by atoms with E-state index in [9.17, 15) is 4.79 Å². The summed E-state index contributed by atoms with van der Waals surface area (Å²) < 4.78 is 0.537. The zero-order chi connectivity index (χ0) is 13.9. The molecule has 0 bridgehead atoms. The Morgan fingerprint density at radius 2 is 1.86 bits per heavy atom. The molecule has 1 atom stereocenters. The highest BCUT2D eigenvalue weighted by Crippen LogP contribution is 2.45. The lowest BCUT2D eigenvalue weighted by Gasteiger charge is -2.12. The Morgan fingerprint density at radius 3 is 2.43 bits per heavy atom. The molecule has 2 fully saturated rings. The number of hydrogen-bond acceptors (Lipinski definition) is 4. The number of carbonyl (C=O) groups is 1. The van der Waals surface area contributed by atoms with E-state index in [0.717, 1.165) is 5.56 Å². The van der Waals surface area contributed by atoms with Crippen LogP contribution in [0.15, 0.2) is 24.3 Å². The lowest BCUT2D eigenvalue weighted by molar-refractivity contribution is 0.0950. The van der Waals surface area contributed by atoms with Crippen LogP contribution in [-0.4, -0.2) is 30.0 Å². The number of rotatable bonds is 5. The quantitative estimate of drug-likeness (QED) is 0.862. The van der Waals surface area contributed by atoms with Crippen LogP contribution in [0.2, 0.25) is 0 Å². The van der Waals surface area contributed by atoms with Crippen LogP contribution in [0.25, 0.3) is 0 Å². The lowest BCUT2D eigenvalue weighted by Crippen LogP contribution is -2.38. The first-order valence-corrected chi connectivity index (χ1v) is 9.21. The van der Waals surface area contributed by atoms with Gasteiger partial charge in [0.2, 0.25) is 0 Å². The van der Waals surface area contributed by atoms with E-state index >= 15 is 0 Å². The second-order valence-electron chi connectivity index (χ2n) is 5.41. The van der Waals surface area contributed by atoms with Crippen molar-refractivity contribution in [3.05, 3.63) is 35.4 Å². The predicted molar refractivity (Wildman–Crippen MR) is 94.4 cm³/mol. The summed E-state index contributed by atoms with van der Waals surface area (Å²) in [5, 5.41) is 2.93. The summed E-state index contributed by atoms with van der Waals surface area (Å²) in [4.78, 5) is 12.0. The third-order valence-electron chi connectivity index (χ3n) is 3.79. The van der Waals surface area contributed by atoms with E-state index in [1.165, 1.54) is 29.9 Å². The molecule has 116 valence electrons. The summed E-state index contributed by atoms with van der Waals surface area (Å²) in [6.07, 6.45) is 2.42. The van der Waals surface area contributed by atoms with Gasteiger partial charge in [-0.1, -0.05) is 12.1 Å². The van der Waals surface area contributed by atoms with Gasteiger partial charge in [0.15, 0.2) is 0 Å². The highest BCUT2D eigenvalue weighted by molar-refractivity contribution is 8.19. The number of halogens is 1. The number of nitrogens with one attached hydrogen (secondary N) is 1. The van der Waals surface area contributed by atoms with Crippen LogP contribution < -0.4 is 11.1 Å². The Bertz CT molecular complexity index is 473. The SMILES string of the molecule is Cl.NC(CNC(=O)c1ccc(C2SCCS2)cc1)C1CC1. The molecule has 1 aromatic rings. The van der Waals surface area contributed by atoms with Gasteiger partial charge < -0.3 is 11.1 Å². The zero-order valence-corrected chi connectivity index (χ0v) is 14.2. The molecule has 3 N–H and O–H groups in total. The molecule has 1 saturated heterocycles. The van der Waals surface area contributed by atoms with Gasteiger partial charge in [0.1, 0.15) is 0 Å².